The molecule has 1 aromatic carbocycles. The van der Waals surface area contributed by atoms with Gasteiger partial charge in [0.25, 0.3) is 5.91 Å². The maximum atomic E-state index is 13.7. The molecule has 2 amide bonds. The molecule has 0 aromatic heterocycles. The fraction of sp³-hybridized carbons (Fsp3) is 0.500. The van der Waals surface area contributed by atoms with Crippen molar-refractivity contribution >= 4 is 29.4 Å². The van der Waals surface area contributed by atoms with Crippen LogP contribution in [0.4, 0.5) is 4.39 Å². The van der Waals surface area contributed by atoms with E-state index in [-0.39, 0.29) is 29.6 Å². The van der Waals surface area contributed by atoms with E-state index in [9.17, 15) is 18.8 Å². The highest BCUT2D eigenvalue weighted by Gasteiger charge is 2.40. The first-order valence-corrected chi connectivity index (χ1v) is 8.85. The summed E-state index contributed by atoms with van der Waals surface area (Å²) in [6, 6.07) is 3.89. The number of halogens is 2. The van der Waals surface area contributed by atoms with Crippen molar-refractivity contribution in [2.24, 2.45) is 5.41 Å². The number of hydrogen-bond acceptors (Lipinski definition) is 4. The van der Waals surface area contributed by atoms with E-state index in [2.05, 4.69) is 10.6 Å². The smallest absolute Gasteiger partial charge is 0.313 e. The molecule has 1 aliphatic rings. The first kappa shape index (κ1) is 20.2. The van der Waals surface area contributed by atoms with Crippen LogP contribution in [-0.4, -0.2) is 38.0 Å². The Bertz CT molecular complexity index is 670. The van der Waals surface area contributed by atoms with Crippen LogP contribution in [0, 0.1) is 11.2 Å². The second-order valence-electron chi connectivity index (χ2n) is 6.39. The summed E-state index contributed by atoms with van der Waals surface area (Å²) in [7, 11) is 1.33. The van der Waals surface area contributed by atoms with Gasteiger partial charge in [0, 0.05) is 6.54 Å². The van der Waals surface area contributed by atoms with Crippen molar-refractivity contribution in [2.75, 3.05) is 20.2 Å². The Morgan fingerprint density at radius 1 is 1.19 bits per heavy atom. The van der Waals surface area contributed by atoms with E-state index < -0.39 is 23.0 Å². The molecule has 142 valence electrons. The lowest BCUT2D eigenvalue weighted by molar-refractivity contribution is -0.154. The number of carbonyl (C=O) groups is 3. The fourth-order valence-electron chi connectivity index (χ4n) is 3.19. The number of esters is 1. The highest BCUT2D eigenvalue weighted by Crippen LogP contribution is 2.36. The third kappa shape index (κ3) is 4.72. The second kappa shape index (κ2) is 8.98. The highest BCUT2D eigenvalue weighted by molar-refractivity contribution is 6.33. The molecule has 0 unspecified atom stereocenters. The van der Waals surface area contributed by atoms with E-state index in [4.69, 9.17) is 16.3 Å². The van der Waals surface area contributed by atoms with Gasteiger partial charge in [0.2, 0.25) is 5.91 Å². The second-order valence-corrected chi connectivity index (χ2v) is 6.80. The van der Waals surface area contributed by atoms with Crippen molar-refractivity contribution in [3.05, 3.63) is 34.6 Å². The minimum Gasteiger partial charge on any atom is -0.469 e. The predicted octanol–water partition coefficient (Wildman–Crippen LogP) is 2.45. The molecule has 0 saturated heterocycles. The molecule has 0 radical (unpaired) electrons. The topological polar surface area (TPSA) is 84.5 Å². The number of methoxy groups -OCH3 is 1. The van der Waals surface area contributed by atoms with Gasteiger partial charge in [0.15, 0.2) is 0 Å². The molecule has 1 fully saturated rings. The Morgan fingerprint density at radius 2 is 1.88 bits per heavy atom. The number of rotatable bonds is 6. The molecule has 1 aliphatic carbocycles. The predicted molar refractivity (Wildman–Crippen MR) is 94.3 cm³/mol. The van der Waals surface area contributed by atoms with Crippen LogP contribution in [0.2, 0.25) is 5.02 Å². The van der Waals surface area contributed by atoms with E-state index in [1.807, 2.05) is 0 Å². The molecule has 8 heteroatoms. The van der Waals surface area contributed by atoms with Crippen LogP contribution in [-0.2, 0) is 14.3 Å². The van der Waals surface area contributed by atoms with E-state index in [1.54, 1.807) is 0 Å². The largest absolute Gasteiger partial charge is 0.469 e. The lowest BCUT2D eigenvalue weighted by Gasteiger charge is -2.34. The van der Waals surface area contributed by atoms with Gasteiger partial charge in [-0.2, -0.15) is 0 Å². The molecular weight excluding hydrogens is 363 g/mol. The summed E-state index contributed by atoms with van der Waals surface area (Å²) in [5.41, 5.74) is -1.03. The SMILES string of the molecule is COC(=O)C1(CNC(=O)CNC(=O)c2c(F)cccc2Cl)CCCCC1. The quantitative estimate of drug-likeness (QED) is 0.738. The van der Waals surface area contributed by atoms with E-state index in [1.165, 1.54) is 19.2 Å². The van der Waals surface area contributed by atoms with Gasteiger partial charge < -0.3 is 15.4 Å². The number of hydrogen-bond donors (Lipinski definition) is 2. The molecule has 26 heavy (non-hydrogen) atoms. The number of amides is 2. The van der Waals surface area contributed by atoms with E-state index in [0.717, 1.165) is 25.3 Å². The summed E-state index contributed by atoms with van der Waals surface area (Å²) in [6.45, 7) is -0.199. The van der Waals surface area contributed by atoms with Crippen LogP contribution >= 0.6 is 11.6 Å². The summed E-state index contributed by atoms with van der Waals surface area (Å²) in [4.78, 5) is 36.2. The minimum atomic E-state index is -0.774. The van der Waals surface area contributed by atoms with Crippen molar-refractivity contribution in [3.8, 4) is 0 Å². The van der Waals surface area contributed by atoms with Gasteiger partial charge in [0.05, 0.1) is 29.7 Å². The molecule has 6 nitrogen and oxygen atoms in total. The lowest BCUT2D eigenvalue weighted by atomic mass is 9.74. The summed E-state index contributed by atoms with van der Waals surface area (Å²) in [6.07, 6.45) is 4.14. The number of ether oxygens (including phenoxy) is 1. The third-order valence-electron chi connectivity index (χ3n) is 4.65. The summed E-state index contributed by atoms with van der Waals surface area (Å²) in [5, 5.41) is 4.96. The van der Waals surface area contributed by atoms with Crippen molar-refractivity contribution in [3.63, 3.8) is 0 Å². The van der Waals surface area contributed by atoms with E-state index in [0.29, 0.717) is 12.8 Å². The van der Waals surface area contributed by atoms with Crippen LogP contribution in [0.25, 0.3) is 0 Å². The standard InChI is InChI=1S/C18H22ClFN2O4/c1-26-17(25)18(8-3-2-4-9-18)11-22-14(23)10-21-16(24)15-12(19)6-5-7-13(15)20/h5-7H,2-4,8-11H2,1H3,(H,21,24)(H,22,23). The van der Waals surface area contributed by atoms with Crippen molar-refractivity contribution in [1.29, 1.82) is 0 Å². The molecule has 0 atom stereocenters. The number of benzene rings is 1. The summed E-state index contributed by atoms with van der Waals surface area (Å²) in [5.74, 6) is -2.34. The molecule has 2 rings (SSSR count). The Balaban J connectivity index is 1.90. The first-order valence-electron chi connectivity index (χ1n) is 8.47. The molecule has 0 bridgehead atoms. The molecular formula is C18H22ClFN2O4. The van der Waals surface area contributed by atoms with Crippen LogP contribution < -0.4 is 10.6 Å². The molecule has 0 aliphatic heterocycles. The average Bonchev–Trinajstić information content (AvgIpc) is 2.64. The van der Waals surface area contributed by atoms with Crippen LogP contribution in [0.5, 0.6) is 0 Å². The fourth-order valence-corrected chi connectivity index (χ4v) is 3.44. The minimum absolute atomic E-state index is 0.0326. The zero-order valence-electron chi connectivity index (χ0n) is 14.6. The Labute approximate surface area is 156 Å². The monoisotopic (exact) mass is 384 g/mol. The van der Waals surface area contributed by atoms with Crippen LogP contribution in [0.15, 0.2) is 18.2 Å². The summed E-state index contributed by atoms with van der Waals surface area (Å²) >= 11 is 5.82. The first-order chi connectivity index (χ1) is 12.4. The van der Waals surface area contributed by atoms with Gasteiger partial charge in [-0.3, -0.25) is 14.4 Å². The number of nitrogens with one attached hydrogen (secondary N) is 2. The Morgan fingerprint density at radius 3 is 2.50 bits per heavy atom. The summed E-state index contributed by atoms with van der Waals surface area (Å²) < 4.78 is 18.6. The molecule has 0 spiro atoms. The zero-order valence-corrected chi connectivity index (χ0v) is 15.3. The van der Waals surface area contributed by atoms with Crippen molar-refractivity contribution in [1.82, 2.24) is 10.6 Å². The third-order valence-corrected chi connectivity index (χ3v) is 4.97. The van der Waals surface area contributed by atoms with Gasteiger partial charge in [-0.05, 0) is 25.0 Å². The van der Waals surface area contributed by atoms with E-state index >= 15 is 0 Å². The van der Waals surface area contributed by atoms with Gasteiger partial charge in [0.1, 0.15) is 5.82 Å². The number of carbonyl (C=O) groups excluding carboxylic acids is 3. The van der Waals surface area contributed by atoms with Crippen molar-refractivity contribution < 1.29 is 23.5 Å². The van der Waals surface area contributed by atoms with Gasteiger partial charge in [-0.1, -0.05) is 36.9 Å². The van der Waals surface area contributed by atoms with Gasteiger partial charge in [-0.15, -0.1) is 0 Å². The van der Waals surface area contributed by atoms with Crippen LogP contribution in [0.3, 0.4) is 0 Å². The maximum absolute atomic E-state index is 13.7. The Hall–Kier alpha value is -2.15. The highest BCUT2D eigenvalue weighted by atomic mass is 35.5. The lowest BCUT2D eigenvalue weighted by Crippen LogP contribution is -2.47. The molecule has 0 heterocycles. The van der Waals surface area contributed by atoms with Gasteiger partial charge >= 0.3 is 5.97 Å². The zero-order chi connectivity index (χ0) is 19.2. The Kier molecular flexibility index (Phi) is 6.97. The molecule has 1 aromatic rings. The van der Waals surface area contributed by atoms with Gasteiger partial charge in [-0.25, -0.2) is 4.39 Å². The normalized spacial score (nSPS) is 15.8. The molecule has 1 saturated carbocycles. The maximum Gasteiger partial charge on any atom is 0.313 e. The van der Waals surface area contributed by atoms with Crippen molar-refractivity contribution in [2.45, 2.75) is 32.1 Å². The average molecular weight is 385 g/mol. The van der Waals surface area contributed by atoms with Crippen LogP contribution in [0.1, 0.15) is 42.5 Å². The molecule has 2 N–H and O–H groups in total.